The van der Waals surface area contributed by atoms with E-state index in [-0.39, 0.29) is 18.4 Å². The lowest BCUT2D eigenvalue weighted by Crippen LogP contribution is -2.31. The van der Waals surface area contributed by atoms with Gasteiger partial charge in [-0.3, -0.25) is 9.78 Å². The van der Waals surface area contributed by atoms with Gasteiger partial charge in [0.15, 0.2) is 0 Å². The van der Waals surface area contributed by atoms with Crippen LogP contribution in [0.25, 0.3) is 11.3 Å². The molecule has 1 unspecified atom stereocenters. The molecule has 5 heteroatoms. The number of aryl methyl sites for hydroxylation is 2. The quantitative estimate of drug-likeness (QED) is 0.672. The van der Waals surface area contributed by atoms with Crippen LogP contribution >= 0.6 is 0 Å². The number of nitrogens with one attached hydrogen (secondary N) is 1. The highest BCUT2D eigenvalue weighted by Crippen LogP contribution is 2.20. The molecule has 0 aliphatic carbocycles. The third kappa shape index (κ3) is 5.05. The number of carbonyl (C=O) groups excluding carboxylic acids is 1. The Labute approximate surface area is 159 Å². The van der Waals surface area contributed by atoms with Gasteiger partial charge < -0.3 is 14.8 Å². The highest BCUT2D eigenvalue weighted by molar-refractivity contribution is 5.95. The summed E-state index contributed by atoms with van der Waals surface area (Å²) in [5.74, 6) is 0.537. The Morgan fingerprint density at radius 1 is 1.19 bits per heavy atom. The number of benzene rings is 1. The minimum absolute atomic E-state index is 0.0203. The van der Waals surface area contributed by atoms with Crippen LogP contribution in [0, 0.1) is 19.8 Å². The van der Waals surface area contributed by atoms with Crippen molar-refractivity contribution in [3.8, 4) is 11.3 Å². The highest BCUT2D eigenvalue weighted by Gasteiger charge is 2.14. The molecule has 0 saturated carbocycles. The van der Waals surface area contributed by atoms with Crippen LogP contribution in [0.2, 0.25) is 0 Å². The van der Waals surface area contributed by atoms with Crippen LogP contribution in [0.1, 0.15) is 27.4 Å². The van der Waals surface area contributed by atoms with Crippen molar-refractivity contribution in [3.05, 3.63) is 77.4 Å². The van der Waals surface area contributed by atoms with E-state index in [4.69, 9.17) is 4.42 Å². The van der Waals surface area contributed by atoms with Crippen molar-refractivity contribution in [1.29, 1.82) is 0 Å². The summed E-state index contributed by atoms with van der Waals surface area (Å²) < 4.78 is 5.31. The highest BCUT2D eigenvalue weighted by atomic mass is 16.3. The second-order valence-corrected chi connectivity index (χ2v) is 6.79. The van der Waals surface area contributed by atoms with Gasteiger partial charge in [0.25, 0.3) is 5.91 Å². The monoisotopic (exact) mass is 364 g/mol. The number of aliphatic hydroxyl groups is 1. The van der Waals surface area contributed by atoms with Gasteiger partial charge in [0.1, 0.15) is 5.76 Å². The lowest BCUT2D eigenvalue weighted by Gasteiger charge is -2.14. The first-order valence-corrected chi connectivity index (χ1v) is 9.02. The number of amides is 1. The van der Waals surface area contributed by atoms with Crippen LogP contribution in [0.5, 0.6) is 0 Å². The number of nitrogens with zero attached hydrogens (tertiary/aromatic N) is 1. The maximum Gasteiger partial charge on any atom is 0.251 e. The molecule has 0 aliphatic rings. The van der Waals surface area contributed by atoms with Gasteiger partial charge in [-0.25, -0.2) is 0 Å². The maximum atomic E-state index is 12.5. The van der Waals surface area contributed by atoms with E-state index in [2.05, 4.69) is 10.3 Å². The number of carbonyl (C=O) groups is 1. The maximum absolute atomic E-state index is 12.5. The second kappa shape index (κ2) is 8.64. The molecule has 2 N–H and O–H groups in total. The molecule has 3 aromatic rings. The van der Waals surface area contributed by atoms with Gasteiger partial charge in [-0.15, -0.1) is 0 Å². The topological polar surface area (TPSA) is 75.4 Å². The summed E-state index contributed by atoms with van der Waals surface area (Å²) in [6.45, 7) is 4.35. The Morgan fingerprint density at radius 3 is 2.74 bits per heavy atom. The van der Waals surface area contributed by atoms with Crippen LogP contribution in [0.15, 0.2) is 59.2 Å². The van der Waals surface area contributed by atoms with E-state index >= 15 is 0 Å². The molecule has 140 valence electrons. The largest absolute Gasteiger partial charge is 0.469 e. The summed E-state index contributed by atoms with van der Waals surface area (Å²) in [5.41, 5.74) is 4.42. The number of hydrogen-bond acceptors (Lipinski definition) is 4. The van der Waals surface area contributed by atoms with Gasteiger partial charge in [0.2, 0.25) is 0 Å². The fourth-order valence-corrected chi connectivity index (χ4v) is 3.06. The molecule has 0 fully saturated rings. The number of rotatable bonds is 7. The predicted octanol–water partition coefficient (Wildman–Crippen LogP) is 3.54. The SMILES string of the molecule is Cc1cc(C)nc(-c2cccc(C(=O)NCC(CO)Cc3ccco3)c2)c1. The third-order valence-electron chi connectivity index (χ3n) is 4.40. The van der Waals surface area contributed by atoms with Crippen molar-refractivity contribution in [2.24, 2.45) is 5.92 Å². The Balaban J connectivity index is 1.68. The van der Waals surface area contributed by atoms with Crippen LogP contribution < -0.4 is 5.32 Å². The first kappa shape index (κ1) is 18.9. The Hall–Kier alpha value is -2.92. The Morgan fingerprint density at radius 2 is 2.04 bits per heavy atom. The van der Waals surface area contributed by atoms with E-state index in [1.54, 1.807) is 12.3 Å². The molecular formula is C22H24N2O3. The Bertz CT molecular complexity index is 883. The van der Waals surface area contributed by atoms with E-state index in [1.165, 1.54) is 0 Å². The molecule has 0 radical (unpaired) electrons. The number of pyridine rings is 1. The molecule has 3 rings (SSSR count). The lowest BCUT2D eigenvalue weighted by atomic mass is 10.0. The summed E-state index contributed by atoms with van der Waals surface area (Å²) in [6, 6.07) is 15.1. The zero-order chi connectivity index (χ0) is 19.2. The fourth-order valence-electron chi connectivity index (χ4n) is 3.06. The summed E-state index contributed by atoms with van der Waals surface area (Å²) in [4.78, 5) is 17.1. The first-order valence-electron chi connectivity index (χ1n) is 9.02. The molecule has 2 aromatic heterocycles. The minimum atomic E-state index is -0.167. The van der Waals surface area contributed by atoms with E-state index < -0.39 is 0 Å². The van der Waals surface area contributed by atoms with Gasteiger partial charge in [-0.1, -0.05) is 12.1 Å². The molecule has 0 bridgehead atoms. The normalized spacial score (nSPS) is 12.0. The van der Waals surface area contributed by atoms with Gasteiger partial charge in [-0.05, 0) is 55.8 Å². The minimum Gasteiger partial charge on any atom is -0.469 e. The van der Waals surface area contributed by atoms with E-state index in [0.29, 0.717) is 18.5 Å². The van der Waals surface area contributed by atoms with Crippen LogP contribution in [0.3, 0.4) is 0 Å². The van der Waals surface area contributed by atoms with E-state index in [1.807, 2.05) is 56.3 Å². The lowest BCUT2D eigenvalue weighted by molar-refractivity contribution is 0.0939. The van der Waals surface area contributed by atoms with Crippen molar-refractivity contribution in [2.75, 3.05) is 13.2 Å². The molecule has 5 nitrogen and oxygen atoms in total. The molecule has 1 aromatic carbocycles. The van der Waals surface area contributed by atoms with Crippen molar-refractivity contribution < 1.29 is 14.3 Å². The third-order valence-corrected chi connectivity index (χ3v) is 4.40. The summed E-state index contributed by atoms with van der Waals surface area (Å²) in [7, 11) is 0. The summed E-state index contributed by atoms with van der Waals surface area (Å²) in [6.07, 6.45) is 2.19. The molecule has 2 heterocycles. The van der Waals surface area contributed by atoms with Crippen molar-refractivity contribution in [1.82, 2.24) is 10.3 Å². The molecule has 0 spiro atoms. The molecule has 0 saturated heterocycles. The van der Waals surface area contributed by atoms with Gasteiger partial charge in [-0.2, -0.15) is 0 Å². The summed E-state index contributed by atoms with van der Waals surface area (Å²) >= 11 is 0. The molecule has 1 amide bonds. The first-order chi connectivity index (χ1) is 13.0. The average Bonchev–Trinajstić information content (AvgIpc) is 3.17. The van der Waals surface area contributed by atoms with Crippen molar-refractivity contribution >= 4 is 5.91 Å². The van der Waals surface area contributed by atoms with Gasteiger partial charge in [0, 0.05) is 42.3 Å². The standard InChI is InChI=1S/C22H24N2O3/c1-15-9-16(2)24-21(10-15)18-5-3-6-19(12-18)22(26)23-13-17(14-25)11-20-7-4-8-27-20/h3-10,12,17,25H,11,13-14H2,1-2H3,(H,23,26). The second-order valence-electron chi connectivity index (χ2n) is 6.79. The molecule has 0 aliphatic heterocycles. The molecule has 27 heavy (non-hydrogen) atoms. The van der Waals surface area contributed by atoms with Crippen molar-refractivity contribution in [2.45, 2.75) is 20.3 Å². The summed E-state index contributed by atoms with van der Waals surface area (Å²) in [5, 5.41) is 12.5. The molecular weight excluding hydrogens is 340 g/mol. The van der Waals surface area contributed by atoms with Gasteiger partial charge >= 0.3 is 0 Å². The number of hydrogen-bond donors (Lipinski definition) is 2. The van der Waals surface area contributed by atoms with Crippen LogP contribution in [-0.4, -0.2) is 29.1 Å². The fraction of sp³-hybridized carbons (Fsp3) is 0.273. The van der Waals surface area contributed by atoms with Crippen LogP contribution in [-0.2, 0) is 6.42 Å². The average molecular weight is 364 g/mol. The number of aliphatic hydroxyl groups excluding tert-OH is 1. The Kier molecular flexibility index (Phi) is 6.04. The smallest absolute Gasteiger partial charge is 0.251 e. The zero-order valence-corrected chi connectivity index (χ0v) is 15.6. The van der Waals surface area contributed by atoms with Crippen molar-refractivity contribution in [3.63, 3.8) is 0 Å². The van der Waals surface area contributed by atoms with E-state index in [0.717, 1.165) is 28.3 Å². The predicted molar refractivity (Wildman–Crippen MR) is 104 cm³/mol. The number of furan rings is 1. The zero-order valence-electron chi connectivity index (χ0n) is 15.6. The number of aromatic nitrogens is 1. The molecule has 1 atom stereocenters. The van der Waals surface area contributed by atoms with E-state index in [9.17, 15) is 9.90 Å². The van der Waals surface area contributed by atoms with Crippen LogP contribution in [0.4, 0.5) is 0 Å². The van der Waals surface area contributed by atoms with Gasteiger partial charge in [0.05, 0.1) is 12.0 Å².